The number of allylic oxidation sites excluding steroid dienone is 2. The summed E-state index contributed by atoms with van der Waals surface area (Å²) in [4.78, 5) is 21.8. The van der Waals surface area contributed by atoms with Crippen LogP contribution in [0.5, 0.6) is 0 Å². The number of aliphatic hydroxyl groups is 2. The van der Waals surface area contributed by atoms with Crippen molar-refractivity contribution in [2.75, 3.05) is 13.2 Å². The summed E-state index contributed by atoms with van der Waals surface area (Å²) in [6, 6.07) is 3.63. The van der Waals surface area contributed by atoms with E-state index in [2.05, 4.69) is 41.3 Å². The smallest absolute Gasteiger partial charge is 0.260 e. The summed E-state index contributed by atoms with van der Waals surface area (Å²) < 4.78 is 0. The molecule has 4 aliphatic carbocycles. The van der Waals surface area contributed by atoms with Crippen molar-refractivity contribution in [3.63, 3.8) is 0 Å². The van der Waals surface area contributed by atoms with E-state index >= 15 is 0 Å². The maximum atomic E-state index is 12.2. The van der Waals surface area contributed by atoms with Gasteiger partial charge in [-0.05, 0) is 93.6 Å². The molecule has 1 aromatic heterocycles. The number of amides is 1. The van der Waals surface area contributed by atoms with Crippen molar-refractivity contribution in [2.45, 2.75) is 83.8 Å². The number of terminal acetylenes is 1. The predicted octanol–water partition coefficient (Wildman–Crippen LogP) is 4.24. The molecule has 3 fully saturated rings. The van der Waals surface area contributed by atoms with E-state index in [1.54, 1.807) is 12.3 Å². The lowest BCUT2D eigenvalue weighted by Crippen LogP contribution is -2.54. The highest BCUT2D eigenvalue weighted by Crippen LogP contribution is 2.67. The zero-order valence-electron chi connectivity index (χ0n) is 22.9. The molecule has 7 nitrogen and oxygen atoms in total. The van der Waals surface area contributed by atoms with Gasteiger partial charge < -0.3 is 20.4 Å². The second kappa shape index (κ2) is 10.1. The normalized spacial score (nSPS) is 37.7. The average molecular weight is 520 g/mol. The Morgan fingerprint density at radius 1 is 1.24 bits per heavy atom. The van der Waals surface area contributed by atoms with E-state index in [1.165, 1.54) is 5.57 Å². The molecule has 0 saturated heterocycles. The number of pyridine rings is 1. The van der Waals surface area contributed by atoms with Crippen molar-refractivity contribution < 1.29 is 19.8 Å². The molecule has 204 valence electrons. The van der Waals surface area contributed by atoms with Gasteiger partial charge in [-0.2, -0.15) is 0 Å². The van der Waals surface area contributed by atoms with E-state index < -0.39 is 11.7 Å². The first-order chi connectivity index (χ1) is 18.1. The van der Waals surface area contributed by atoms with E-state index in [4.69, 9.17) is 11.3 Å². The van der Waals surface area contributed by atoms with Crippen molar-refractivity contribution in [3.05, 3.63) is 41.2 Å². The van der Waals surface area contributed by atoms with Gasteiger partial charge in [0.25, 0.3) is 5.91 Å². The molecule has 1 heterocycles. The molecule has 0 bridgehead atoms. The average Bonchev–Trinajstić information content (AvgIpc) is 3.18. The van der Waals surface area contributed by atoms with E-state index in [1.807, 2.05) is 13.0 Å². The van der Waals surface area contributed by atoms with Gasteiger partial charge in [-0.3, -0.25) is 9.78 Å². The first-order valence-electron chi connectivity index (χ1n) is 14.1. The van der Waals surface area contributed by atoms with Crippen LogP contribution < -0.4 is 5.32 Å². The van der Waals surface area contributed by atoms with Crippen LogP contribution in [0.1, 0.15) is 82.6 Å². The molecule has 7 heteroatoms. The fraction of sp³-hybridized carbons (Fsp3) is 0.645. The van der Waals surface area contributed by atoms with E-state index in [0.29, 0.717) is 23.3 Å². The quantitative estimate of drug-likeness (QED) is 0.385. The molecule has 0 radical (unpaired) electrons. The molecule has 4 aliphatic rings. The van der Waals surface area contributed by atoms with Gasteiger partial charge in [-0.25, -0.2) is 0 Å². The van der Waals surface area contributed by atoms with Crippen LogP contribution in [0, 0.1) is 47.9 Å². The third-order valence-electron chi connectivity index (χ3n) is 10.6. The van der Waals surface area contributed by atoms with Crippen LogP contribution in [0.3, 0.4) is 0 Å². The Bertz CT molecular complexity index is 1170. The Balaban J connectivity index is 1.16. The van der Waals surface area contributed by atoms with E-state index in [9.17, 15) is 15.0 Å². The van der Waals surface area contributed by atoms with Gasteiger partial charge in [0.2, 0.25) is 0 Å². The number of aliphatic hydroxyl groups excluding tert-OH is 1. The Labute approximate surface area is 226 Å². The van der Waals surface area contributed by atoms with Gasteiger partial charge in [-0.15, -0.1) is 6.42 Å². The highest BCUT2D eigenvalue weighted by molar-refractivity contribution is 5.96. The van der Waals surface area contributed by atoms with Crippen molar-refractivity contribution in [1.29, 1.82) is 0 Å². The topological polar surface area (TPSA) is 104 Å². The monoisotopic (exact) mass is 519 g/mol. The molecule has 5 rings (SSSR count). The van der Waals surface area contributed by atoms with Crippen LogP contribution in [0.15, 0.2) is 35.1 Å². The lowest BCUT2D eigenvalue weighted by atomic mass is 9.46. The molecule has 7 atom stereocenters. The molecule has 0 aromatic carbocycles. The molecular weight excluding hydrogens is 478 g/mol. The predicted molar refractivity (Wildman–Crippen MR) is 146 cm³/mol. The van der Waals surface area contributed by atoms with Crippen LogP contribution in [-0.2, 0) is 9.63 Å². The van der Waals surface area contributed by atoms with Gasteiger partial charge in [0.1, 0.15) is 5.60 Å². The summed E-state index contributed by atoms with van der Waals surface area (Å²) in [6.45, 7) is 6.43. The van der Waals surface area contributed by atoms with Crippen LogP contribution in [-0.4, -0.2) is 45.6 Å². The summed E-state index contributed by atoms with van der Waals surface area (Å²) in [5.41, 5.74) is 2.86. The lowest BCUT2D eigenvalue weighted by molar-refractivity contribution is -0.126. The maximum Gasteiger partial charge on any atom is 0.260 e. The van der Waals surface area contributed by atoms with E-state index in [-0.39, 0.29) is 29.9 Å². The minimum Gasteiger partial charge on any atom is -0.387 e. The van der Waals surface area contributed by atoms with Crippen LogP contribution in [0.4, 0.5) is 0 Å². The summed E-state index contributed by atoms with van der Waals surface area (Å²) in [5.74, 6) is 4.13. The third kappa shape index (κ3) is 4.56. The van der Waals surface area contributed by atoms with Crippen LogP contribution in [0.25, 0.3) is 0 Å². The van der Waals surface area contributed by atoms with Crippen molar-refractivity contribution in [3.8, 4) is 12.3 Å². The molecule has 3 N–H and O–H groups in total. The number of hydrogen-bond acceptors (Lipinski definition) is 6. The Morgan fingerprint density at radius 2 is 2.03 bits per heavy atom. The Hall–Kier alpha value is -2.69. The summed E-state index contributed by atoms with van der Waals surface area (Å²) in [5, 5.41) is 28.4. The molecule has 1 amide bonds. The fourth-order valence-electron chi connectivity index (χ4n) is 8.13. The second-order valence-corrected chi connectivity index (χ2v) is 12.4. The number of nitrogens with one attached hydrogen (secondary N) is 1. The van der Waals surface area contributed by atoms with Crippen molar-refractivity contribution >= 4 is 11.6 Å². The Kier molecular flexibility index (Phi) is 7.17. The standard InChI is InChI=1S/C31H41N3O4/c1-5-31(37)15-12-26-24-9-8-22-16-23(10-13-29(22,3)25(24)11-14-30(26,31)4)34-38-19-28(36)33-18-27(35)21-7-6-20(2)32-17-21/h1,6-7,16-17,24-27,35,37H,8-15,18-19H2,2-4H3,(H,33,36)/b34-23+/t24?,25?,26?,27?,29-,30-,31+/m0/s1. The molecule has 3 saturated carbocycles. The number of nitrogens with zero attached hydrogens (tertiary/aromatic N) is 2. The van der Waals surface area contributed by atoms with Crippen molar-refractivity contribution in [2.24, 2.45) is 33.7 Å². The fourth-order valence-corrected chi connectivity index (χ4v) is 8.13. The number of rotatable bonds is 6. The van der Waals surface area contributed by atoms with Crippen molar-refractivity contribution in [1.82, 2.24) is 10.3 Å². The van der Waals surface area contributed by atoms with Gasteiger partial charge in [-0.1, -0.05) is 36.6 Å². The molecule has 38 heavy (non-hydrogen) atoms. The van der Waals surface area contributed by atoms with Gasteiger partial charge in [0, 0.05) is 29.4 Å². The highest BCUT2D eigenvalue weighted by atomic mass is 16.6. The third-order valence-corrected chi connectivity index (χ3v) is 10.6. The number of oxime groups is 1. The summed E-state index contributed by atoms with van der Waals surface area (Å²) in [6.07, 6.45) is 16.6. The highest BCUT2D eigenvalue weighted by Gasteiger charge is 2.63. The lowest BCUT2D eigenvalue weighted by Gasteiger charge is -2.58. The van der Waals surface area contributed by atoms with Gasteiger partial charge in [0.05, 0.1) is 11.8 Å². The SMILES string of the molecule is C#C[C@@]1(O)CCC2C3CCC4=C/C(=N/OCC(=O)NCC(O)c5ccc(C)nc5)CC[C@]4(C)C3CC[C@@]21C. The zero-order valence-corrected chi connectivity index (χ0v) is 22.9. The summed E-state index contributed by atoms with van der Waals surface area (Å²) >= 11 is 0. The van der Waals surface area contributed by atoms with Crippen LogP contribution in [0.2, 0.25) is 0 Å². The largest absolute Gasteiger partial charge is 0.387 e. The number of aryl methyl sites for hydroxylation is 1. The molecule has 1 aromatic rings. The minimum atomic E-state index is -0.967. The molecule has 0 aliphatic heterocycles. The first-order valence-corrected chi connectivity index (χ1v) is 14.1. The number of carbonyl (C=O) groups excluding carboxylic acids is 1. The van der Waals surface area contributed by atoms with Gasteiger partial charge >= 0.3 is 0 Å². The number of hydrogen-bond donors (Lipinski definition) is 3. The van der Waals surface area contributed by atoms with E-state index in [0.717, 1.165) is 62.8 Å². The first kappa shape index (κ1) is 26.9. The Morgan fingerprint density at radius 3 is 2.76 bits per heavy atom. The molecule has 0 spiro atoms. The number of fused-ring (bicyclic) bond motifs is 5. The van der Waals surface area contributed by atoms with Crippen LogP contribution >= 0.6 is 0 Å². The molecule has 4 unspecified atom stereocenters. The summed E-state index contributed by atoms with van der Waals surface area (Å²) in [7, 11) is 0. The minimum absolute atomic E-state index is 0.0905. The number of carbonyl (C=O) groups is 1. The second-order valence-electron chi connectivity index (χ2n) is 12.4. The van der Waals surface area contributed by atoms with Gasteiger partial charge in [0.15, 0.2) is 6.61 Å². The molecular formula is C31H41N3O4. The number of aromatic nitrogens is 1. The zero-order chi connectivity index (χ0) is 27.1. The maximum absolute atomic E-state index is 12.2.